The van der Waals surface area contributed by atoms with Crippen molar-refractivity contribution in [3.05, 3.63) is 24.8 Å². The molecule has 0 aromatic rings. The van der Waals surface area contributed by atoms with Crippen LogP contribution in [0.25, 0.3) is 0 Å². The van der Waals surface area contributed by atoms with Gasteiger partial charge in [0.05, 0.1) is 0 Å². The maximum atomic E-state index is 13.9. The lowest BCUT2D eigenvalue weighted by Crippen LogP contribution is -2.46. The Balaban J connectivity index is 2.75. The third-order valence-corrected chi connectivity index (χ3v) is 8.95. The first kappa shape index (κ1) is 15.6. The van der Waals surface area contributed by atoms with Gasteiger partial charge in [0.15, 0.2) is 8.32 Å². The molecule has 1 aliphatic carbocycles. The highest BCUT2D eigenvalue weighted by atomic mass is 28.4. The lowest BCUT2D eigenvalue weighted by Gasteiger charge is -2.42. The molecule has 1 aliphatic rings. The molecule has 1 nitrogen and oxygen atoms in total. The lowest BCUT2D eigenvalue weighted by molar-refractivity contribution is 0.103. The fraction of sp³-hybridized carbons (Fsp3) is 0.733. The van der Waals surface area contributed by atoms with E-state index in [0.717, 1.165) is 6.42 Å². The zero-order valence-corrected chi connectivity index (χ0v) is 13.4. The highest BCUT2D eigenvalue weighted by molar-refractivity contribution is 6.74. The van der Waals surface area contributed by atoms with Gasteiger partial charge in [-0.15, -0.1) is 6.58 Å². The van der Waals surface area contributed by atoms with Crippen LogP contribution in [0, 0.1) is 5.92 Å². The molecule has 104 valence electrons. The first-order valence-corrected chi connectivity index (χ1v) is 9.62. The summed E-state index contributed by atoms with van der Waals surface area (Å²) < 4.78 is 20.2. The van der Waals surface area contributed by atoms with E-state index in [1.165, 1.54) is 0 Å². The maximum Gasteiger partial charge on any atom is 0.192 e. The van der Waals surface area contributed by atoms with Crippen molar-refractivity contribution in [3.8, 4) is 0 Å². The molecule has 18 heavy (non-hydrogen) atoms. The Labute approximate surface area is 112 Å². The largest absolute Gasteiger partial charge is 0.414 e. The van der Waals surface area contributed by atoms with Crippen molar-refractivity contribution in [1.82, 2.24) is 0 Å². The predicted molar refractivity (Wildman–Crippen MR) is 79.0 cm³/mol. The van der Waals surface area contributed by atoms with E-state index in [1.807, 2.05) is 0 Å². The van der Waals surface area contributed by atoms with Gasteiger partial charge >= 0.3 is 0 Å². The number of halogens is 1. The molecule has 3 heteroatoms. The molecule has 1 rings (SSSR count). The predicted octanol–water partition coefficient (Wildman–Crippen LogP) is 4.87. The van der Waals surface area contributed by atoms with E-state index in [9.17, 15) is 4.39 Å². The zero-order valence-electron chi connectivity index (χ0n) is 12.4. The van der Waals surface area contributed by atoms with Crippen LogP contribution >= 0.6 is 0 Å². The first-order valence-electron chi connectivity index (χ1n) is 6.71. The standard InChI is InChI=1S/C15H27FOSi/c1-8-12-9-13(10-14(16)11(12)2)17-18(6,7)15(3,4)5/h8,12-14H,1-2,9-10H2,3-7H3. The van der Waals surface area contributed by atoms with E-state index in [1.54, 1.807) is 6.08 Å². The summed E-state index contributed by atoms with van der Waals surface area (Å²) >= 11 is 0. The normalized spacial score (nSPS) is 30.3. The number of hydrogen-bond acceptors (Lipinski definition) is 1. The summed E-state index contributed by atoms with van der Waals surface area (Å²) in [5.41, 5.74) is 0.667. The second kappa shape index (κ2) is 5.30. The van der Waals surface area contributed by atoms with Crippen LogP contribution in [0.2, 0.25) is 18.1 Å². The van der Waals surface area contributed by atoms with Crippen LogP contribution in [0.15, 0.2) is 24.8 Å². The van der Waals surface area contributed by atoms with E-state index in [4.69, 9.17) is 4.43 Å². The van der Waals surface area contributed by atoms with Crippen LogP contribution < -0.4 is 0 Å². The van der Waals surface area contributed by atoms with Gasteiger partial charge in [0.1, 0.15) is 6.17 Å². The number of rotatable bonds is 3. The molecule has 0 aliphatic heterocycles. The third-order valence-electron chi connectivity index (χ3n) is 4.42. The molecule has 0 amide bonds. The van der Waals surface area contributed by atoms with Gasteiger partial charge in [-0.1, -0.05) is 33.4 Å². The topological polar surface area (TPSA) is 9.23 Å². The van der Waals surface area contributed by atoms with E-state index in [2.05, 4.69) is 47.0 Å². The summed E-state index contributed by atoms with van der Waals surface area (Å²) in [5, 5.41) is 0.164. The minimum atomic E-state index is -1.82. The second-order valence-corrected chi connectivity index (χ2v) is 11.6. The van der Waals surface area contributed by atoms with Crippen LogP contribution in [0.5, 0.6) is 0 Å². The minimum Gasteiger partial charge on any atom is -0.414 e. The van der Waals surface area contributed by atoms with Crippen molar-refractivity contribution in [2.45, 2.75) is 64.0 Å². The van der Waals surface area contributed by atoms with E-state index < -0.39 is 14.5 Å². The van der Waals surface area contributed by atoms with Gasteiger partial charge in [-0.25, -0.2) is 4.39 Å². The van der Waals surface area contributed by atoms with Crippen LogP contribution in [0.1, 0.15) is 33.6 Å². The number of allylic oxidation sites excluding steroid dienone is 2. The monoisotopic (exact) mass is 270 g/mol. The van der Waals surface area contributed by atoms with Crippen molar-refractivity contribution in [1.29, 1.82) is 0 Å². The average Bonchev–Trinajstić information content (AvgIpc) is 2.21. The maximum absolute atomic E-state index is 13.9. The van der Waals surface area contributed by atoms with Gasteiger partial charge in [0.25, 0.3) is 0 Å². The number of hydrogen-bond donors (Lipinski definition) is 0. The summed E-state index contributed by atoms with van der Waals surface area (Å²) in [7, 11) is -1.82. The van der Waals surface area contributed by atoms with E-state index in [0.29, 0.717) is 12.0 Å². The van der Waals surface area contributed by atoms with Gasteiger partial charge in [0.2, 0.25) is 0 Å². The molecule has 0 spiro atoms. The Kier molecular flexibility index (Phi) is 4.60. The zero-order chi connectivity index (χ0) is 14.1. The molecule has 0 bridgehead atoms. The molecule has 0 heterocycles. The summed E-state index contributed by atoms with van der Waals surface area (Å²) in [6, 6.07) is 0. The molecule has 1 fully saturated rings. The first-order chi connectivity index (χ1) is 8.08. The molecule has 1 saturated carbocycles. The summed E-state index contributed by atoms with van der Waals surface area (Å²) in [5.74, 6) is 0.0588. The van der Waals surface area contributed by atoms with E-state index >= 15 is 0 Å². The van der Waals surface area contributed by atoms with Crippen molar-refractivity contribution in [2.75, 3.05) is 0 Å². The number of alkyl halides is 1. The minimum absolute atomic E-state index is 0.00870. The Morgan fingerprint density at radius 2 is 1.89 bits per heavy atom. The molecule has 3 unspecified atom stereocenters. The Morgan fingerprint density at radius 3 is 2.33 bits per heavy atom. The molecule has 0 N–H and O–H groups in total. The highest BCUT2D eigenvalue weighted by Gasteiger charge is 2.41. The molecule has 0 aromatic carbocycles. The van der Waals surface area contributed by atoms with Gasteiger partial charge in [0, 0.05) is 18.4 Å². The van der Waals surface area contributed by atoms with Gasteiger partial charge in [-0.3, -0.25) is 0 Å². The molecule has 0 radical (unpaired) electrons. The molecular weight excluding hydrogens is 243 g/mol. The van der Waals surface area contributed by atoms with Gasteiger partial charge in [-0.05, 0) is 30.1 Å². The van der Waals surface area contributed by atoms with Gasteiger partial charge < -0.3 is 4.43 Å². The third kappa shape index (κ3) is 3.32. The lowest BCUT2D eigenvalue weighted by atomic mass is 9.82. The van der Waals surface area contributed by atoms with Crippen LogP contribution in [0.3, 0.4) is 0 Å². The molecular formula is C15H27FOSi. The fourth-order valence-corrected chi connectivity index (χ4v) is 3.46. The SMILES string of the molecule is C=CC1CC(O[Si](C)(C)C(C)(C)C)CC(F)C1=C. The smallest absolute Gasteiger partial charge is 0.192 e. The summed E-state index contributed by atoms with van der Waals surface area (Å²) in [4.78, 5) is 0. The van der Waals surface area contributed by atoms with Crippen molar-refractivity contribution in [3.63, 3.8) is 0 Å². The van der Waals surface area contributed by atoms with Gasteiger partial charge in [-0.2, -0.15) is 0 Å². The second-order valence-electron chi connectivity index (χ2n) is 6.86. The van der Waals surface area contributed by atoms with E-state index in [-0.39, 0.29) is 17.1 Å². The van der Waals surface area contributed by atoms with Crippen molar-refractivity contribution >= 4 is 8.32 Å². The summed E-state index contributed by atoms with van der Waals surface area (Å²) in [6.45, 7) is 18.7. The Morgan fingerprint density at radius 1 is 1.33 bits per heavy atom. The Bertz CT molecular complexity index is 330. The van der Waals surface area contributed by atoms with Crippen LogP contribution in [-0.4, -0.2) is 20.6 Å². The van der Waals surface area contributed by atoms with Crippen LogP contribution in [0.4, 0.5) is 4.39 Å². The quantitative estimate of drug-likeness (QED) is 0.525. The molecule has 0 saturated heterocycles. The molecule has 0 aromatic heterocycles. The molecule has 3 atom stereocenters. The summed E-state index contributed by atoms with van der Waals surface area (Å²) in [6.07, 6.45) is 2.15. The average molecular weight is 270 g/mol. The highest BCUT2D eigenvalue weighted by Crippen LogP contribution is 2.41. The fourth-order valence-electron chi connectivity index (χ4n) is 2.08. The van der Waals surface area contributed by atoms with Crippen molar-refractivity contribution in [2.24, 2.45) is 5.92 Å². The Hall–Kier alpha value is -0.413. The van der Waals surface area contributed by atoms with Crippen LogP contribution in [-0.2, 0) is 4.43 Å². The van der Waals surface area contributed by atoms with Crippen molar-refractivity contribution < 1.29 is 8.82 Å².